The van der Waals surface area contributed by atoms with Crippen molar-refractivity contribution in [2.75, 3.05) is 26.2 Å². The molecule has 0 unspecified atom stereocenters. The molecule has 1 amide bonds. The second-order valence-electron chi connectivity index (χ2n) is 5.72. The van der Waals surface area contributed by atoms with E-state index in [2.05, 4.69) is 19.2 Å². The van der Waals surface area contributed by atoms with E-state index >= 15 is 0 Å². The third-order valence-corrected chi connectivity index (χ3v) is 3.93. The van der Waals surface area contributed by atoms with Gasteiger partial charge in [0.1, 0.15) is 6.61 Å². The summed E-state index contributed by atoms with van der Waals surface area (Å²) < 4.78 is 5.72. The summed E-state index contributed by atoms with van der Waals surface area (Å²) in [6, 6.07) is 0. The summed E-state index contributed by atoms with van der Waals surface area (Å²) in [6.07, 6.45) is 4.54. The van der Waals surface area contributed by atoms with E-state index in [0.29, 0.717) is 0 Å². The van der Waals surface area contributed by atoms with Crippen molar-refractivity contribution in [3.05, 3.63) is 0 Å². The average molecular weight is 240 g/mol. The maximum absolute atomic E-state index is 12.1. The molecule has 0 aromatic rings. The van der Waals surface area contributed by atoms with Crippen LogP contribution < -0.4 is 5.32 Å². The van der Waals surface area contributed by atoms with Gasteiger partial charge in [-0.05, 0) is 52.6 Å². The molecule has 0 aromatic heterocycles. The second kappa shape index (κ2) is 5.36. The number of piperidine rings is 1. The lowest BCUT2D eigenvalue weighted by Gasteiger charge is -2.32. The van der Waals surface area contributed by atoms with Crippen molar-refractivity contribution < 1.29 is 9.53 Å². The van der Waals surface area contributed by atoms with Gasteiger partial charge in [0.05, 0.1) is 6.10 Å². The molecule has 4 nitrogen and oxygen atoms in total. The summed E-state index contributed by atoms with van der Waals surface area (Å²) in [6.45, 7) is 7.45. The van der Waals surface area contributed by atoms with Gasteiger partial charge in [0.2, 0.25) is 5.91 Å². The molecule has 98 valence electrons. The van der Waals surface area contributed by atoms with Gasteiger partial charge in [-0.25, -0.2) is 0 Å². The summed E-state index contributed by atoms with van der Waals surface area (Å²) in [5, 5.41) is 3.30. The summed E-state index contributed by atoms with van der Waals surface area (Å²) in [7, 11) is 0. The van der Waals surface area contributed by atoms with E-state index in [4.69, 9.17) is 4.74 Å². The molecule has 2 saturated heterocycles. The fourth-order valence-electron chi connectivity index (χ4n) is 2.80. The minimum absolute atomic E-state index is 0.0224. The first-order valence-corrected chi connectivity index (χ1v) is 6.72. The lowest BCUT2D eigenvalue weighted by molar-refractivity contribution is -0.141. The largest absolute Gasteiger partial charge is 0.368 e. The summed E-state index contributed by atoms with van der Waals surface area (Å²) in [4.78, 5) is 14.1. The van der Waals surface area contributed by atoms with Crippen molar-refractivity contribution in [2.24, 2.45) is 0 Å². The fraction of sp³-hybridized carbons (Fsp3) is 0.923. The summed E-state index contributed by atoms with van der Waals surface area (Å²) in [5.41, 5.74) is 0.0224. The molecule has 0 radical (unpaired) electrons. The van der Waals surface area contributed by atoms with Crippen LogP contribution in [0.2, 0.25) is 0 Å². The molecule has 0 aromatic carbocycles. The van der Waals surface area contributed by atoms with E-state index in [1.54, 1.807) is 0 Å². The molecule has 0 spiro atoms. The Morgan fingerprint density at radius 1 is 1.41 bits per heavy atom. The van der Waals surface area contributed by atoms with E-state index in [0.717, 1.165) is 45.3 Å². The number of hydrogen-bond donors (Lipinski definition) is 1. The molecule has 1 N–H and O–H groups in total. The third kappa shape index (κ3) is 3.19. The Morgan fingerprint density at radius 3 is 2.71 bits per heavy atom. The summed E-state index contributed by atoms with van der Waals surface area (Å²) >= 11 is 0. The van der Waals surface area contributed by atoms with Crippen LogP contribution in [0.3, 0.4) is 0 Å². The van der Waals surface area contributed by atoms with Gasteiger partial charge in [-0.2, -0.15) is 0 Å². The molecule has 2 rings (SSSR count). The van der Waals surface area contributed by atoms with E-state index in [9.17, 15) is 4.79 Å². The molecule has 0 aliphatic carbocycles. The fourth-order valence-corrected chi connectivity index (χ4v) is 2.80. The Bertz CT molecular complexity index is 273. The zero-order valence-electron chi connectivity index (χ0n) is 11.0. The van der Waals surface area contributed by atoms with Crippen molar-refractivity contribution in [3.8, 4) is 0 Å². The molecule has 2 heterocycles. The SMILES string of the molecule is CC1(C)CCCN1C(=O)COC1CCNCC1. The number of likely N-dealkylation sites (tertiary alicyclic amines) is 1. The van der Waals surface area contributed by atoms with Gasteiger partial charge in [0.15, 0.2) is 0 Å². The van der Waals surface area contributed by atoms with Crippen LogP contribution in [0, 0.1) is 0 Å². The lowest BCUT2D eigenvalue weighted by Crippen LogP contribution is -2.45. The number of amides is 1. The number of nitrogens with one attached hydrogen (secondary N) is 1. The van der Waals surface area contributed by atoms with Gasteiger partial charge in [-0.3, -0.25) is 4.79 Å². The van der Waals surface area contributed by atoms with Crippen LogP contribution >= 0.6 is 0 Å². The molecule has 4 heteroatoms. The van der Waals surface area contributed by atoms with Gasteiger partial charge in [0, 0.05) is 12.1 Å². The Kier molecular flexibility index (Phi) is 4.05. The highest BCUT2D eigenvalue weighted by molar-refractivity contribution is 5.78. The van der Waals surface area contributed by atoms with Crippen LogP contribution in [0.4, 0.5) is 0 Å². The van der Waals surface area contributed by atoms with Crippen LogP contribution in [-0.2, 0) is 9.53 Å². The quantitative estimate of drug-likeness (QED) is 0.805. The van der Waals surface area contributed by atoms with E-state index < -0.39 is 0 Å². The Hall–Kier alpha value is -0.610. The topological polar surface area (TPSA) is 41.6 Å². The Balaban J connectivity index is 1.77. The maximum atomic E-state index is 12.1. The molecule has 0 atom stereocenters. The first kappa shape index (κ1) is 12.8. The van der Waals surface area contributed by atoms with Crippen molar-refractivity contribution in [1.82, 2.24) is 10.2 Å². The van der Waals surface area contributed by atoms with E-state index in [1.165, 1.54) is 0 Å². The van der Waals surface area contributed by atoms with Gasteiger partial charge in [-0.1, -0.05) is 0 Å². The highest BCUT2D eigenvalue weighted by Crippen LogP contribution is 2.28. The van der Waals surface area contributed by atoms with E-state index in [1.807, 2.05) is 4.90 Å². The number of ether oxygens (including phenoxy) is 1. The normalized spacial score (nSPS) is 25.2. The monoisotopic (exact) mass is 240 g/mol. The van der Waals surface area contributed by atoms with Gasteiger partial charge >= 0.3 is 0 Å². The van der Waals surface area contributed by atoms with Gasteiger partial charge in [-0.15, -0.1) is 0 Å². The predicted molar refractivity (Wildman–Crippen MR) is 66.9 cm³/mol. The van der Waals surface area contributed by atoms with Crippen LogP contribution in [0.1, 0.15) is 39.5 Å². The maximum Gasteiger partial charge on any atom is 0.249 e. The number of nitrogens with zero attached hydrogens (tertiary/aromatic N) is 1. The van der Waals surface area contributed by atoms with Crippen molar-refractivity contribution in [1.29, 1.82) is 0 Å². The van der Waals surface area contributed by atoms with Gasteiger partial charge in [0.25, 0.3) is 0 Å². The number of carbonyl (C=O) groups excluding carboxylic acids is 1. The van der Waals surface area contributed by atoms with Crippen LogP contribution in [0.5, 0.6) is 0 Å². The number of rotatable bonds is 3. The molecule has 2 fully saturated rings. The first-order valence-electron chi connectivity index (χ1n) is 6.72. The predicted octanol–water partition coefficient (Wildman–Crippen LogP) is 1.16. The van der Waals surface area contributed by atoms with Crippen LogP contribution in [0.25, 0.3) is 0 Å². The highest BCUT2D eigenvalue weighted by Gasteiger charge is 2.35. The van der Waals surface area contributed by atoms with Crippen molar-refractivity contribution >= 4 is 5.91 Å². The molecule has 2 aliphatic rings. The first-order chi connectivity index (χ1) is 8.09. The third-order valence-electron chi connectivity index (χ3n) is 3.93. The minimum atomic E-state index is 0.0224. The summed E-state index contributed by atoms with van der Waals surface area (Å²) in [5.74, 6) is 0.158. The van der Waals surface area contributed by atoms with Crippen molar-refractivity contribution in [3.63, 3.8) is 0 Å². The lowest BCUT2D eigenvalue weighted by atomic mass is 10.0. The smallest absolute Gasteiger partial charge is 0.249 e. The highest BCUT2D eigenvalue weighted by atomic mass is 16.5. The molecular weight excluding hydrogens is 216 g/mol. The Labute approximate surface area is 104 Å². The van der Waals surface area contributed by atoms with Crippen LogP contribution in [-0.4, -0.2) is 48.7 Å². The number of hydrogen-bond acceptors (Lipinski definition) is 3. The molecule has 0 saturated carbocycles. The van der Waals surface area contributed by atoms with Crippen molar-refractivity contribution in [2.45, 2.75) is 51.2 Å². The Morgan fingerprint density at radius 2 is 2.12 bits per heavy atom. The number of carbonyl (C=O) groups is 1. The average Bonchev–Trinajstić information content (AvgIpc) is 2.67. The van der Waals surface area contributed by atoms with Gasteiger partial charge < -0.3 is 15.0 Å². The zero-order chi connectivity index (χ0) is 12.3. The van der Waals surface area contributed by atoms with Crippen LogP contribution in [0.15, 0.2) is 0 Å². The van der Waals surface area contributed by atoms with E-state index in [-0.39, 0.29) is 24.2 Å². The molecule has 2 aliphatic heterocycles. The molecular formula is C13H24N2O2. The molecule has 0 bridgehead atoms. The minimum Gasteiger partial charge on any atom is -0.368 e. The second-order valence-corrected chi connectivity index (χ2v) is 5.72. The standard InChI is InChI=1S/C13H24N2O2/c1-13(2)6-3-9-15(13)12(16)10-17-11-4-7-14-8-5-11/h11,14H,3-10H2,1-2H3. The molecule has 17 heavy (non-hydrogen) atoms. The zero-order valence-corrected chi connectivity index (χ0v) is 11.0.